The van der Waals surface area contributed by atoms with E-state index in [4.69, 9.17) is 15.2 Å². The van der Waals surface area contributed by atoms with E-state index in [0.717, 1.165) is 11.3 Å². The van der Waals surface area contributed by atoms with Crippen molar-refractivity contribution in [2.75, 3.05) is 25.6 Å². The van der Waals surface area contributed by atoms with E-state index in [1.54, 1.807) is 4.90 Å². The van der Waals surface area contributed by atoms with Gasteiger partial charge in [-0.3, -0.25) is 9.89 Å². The van der Waals surface area contributed by atoms with Crippen molar-refractivity contribution in [3.63, 3.8) is 0 Å². The number of aliphatic hydroxyl groups excluding tert-OH is 1. The molecule has 0 aliphatic carbocycles. The fourth-order valence-corrected chi connectivity index (χ4v) is 3.50. The van der Waals surface area contributed by atoms with E-state index in [0.29, 0.717) is 43.9 Å². The molecular weight excluding hydrogens is 338 g/mol. The van der Waals surface area contributed by atoms with Crippen LogP contribution in [0.5, 0.6) is 11.5 Å². The minimum absolute atomic E-state index is 0.0110. The summed E-state index contributed by atoms with van der Waals surface area (Å²) in [5.74, 6) is 2.16. The second kappa shape index (κ2) is 6.83. The number of nitrogens with one attached hydrogen (secondary N) is 1. The minimum Gasteiger partial charge on any atom is -0.454 e. The van der Waals surface area contributed by atoms with Crippen LogP contribution in [0.4, 0.5) is 5.95 Å². The number of aromatic nitrogens is 3. The zero-order valence-corrected chi connectivity index (χ0v) is 14.2. The third kappa shape index (κ3) is 3.30. The number of β-amino-alcohol motifs (C(OH)–C–C–N with tert-alkyl or cyclic N) is 1. The molecule has 1 fully saturated rings. The number of aliphatic hydroxyl groups is 1. The number of ether oxygens (including phenoxy) is 2. The first kappa shape index (κ1) is 16.6. The average Bonchev–Trinajstić information content (AvgIpc) is 3.27. The highest BCUT2D eigenvalue weighted by molar-refractivity contribution is 5.76. The van der Waals surface area contributed by atoms with E-state index in [2.05, 4.69) is 15.2 Å². The number of nitrogens with zero attached hydrogens (tertiary/aromatic N) is 3. The van der Waals surface area contributed by atoms with E-state index < -0.39 is 6.10 Å². The summed E-state index contributed by atoms with van der Waals surface area (Å²) in [5.41, 5.74) is 6.46. The molecule has 0 unspecified atom stereocenters. The first-order chi connectivity index (χ1) is 12.6. The molecule has 0 bridgehead atoms. The lowest BCUT2D eigenvalue weighted by molar-refractivity contribution is -0.134. The van der Waals surface area contributed by atoms with Crippen LogP contribution in [0.1, 0.15) is 30.1 Å². The number of hydrogen-bond acceptors (Lipinski definition) is 7. The van der Waals surface area contributed by atoms with Crippen molar-refractivity contribution in [2.45, 2.75) is 31.3 Å². The lowest BCUT2D eigenvalue weighted by Gasteiger charge is -2.36. The molecule has 2 atom stereocenters. The first-order valence-electron chi connectivity index (χ1n) is 8.62. The number of H-pyrrole nitrogens is 1. The number of hydrogen-bond donors (Lipinski definition) is 3. The predicted molar refractivity (Wildman–Crippen MR) is 91.6 cm³/mol. The van der Waals surface area contributed by atoms with Crippen LogP contribution in [0.25, 0.3) is 0 Å². The number of rotatable bonds is 4. The number of nitrogen functional groups attached to an aromatic ring is 1. The van der Waals surface area contributed by atoms with Crippen LogP contribution in [0.3, 0.4) is 0 Å². The lowest BCUT2D eigenvalue weighted by Crippen LogP contribution is -2.45. The summed E-state index contributed by atoms with van der Waals surface area (Å²) in [7, 11) is 0. The molecule has 4 N–H and O–H groups in total. The van der Waals surface area contributed by atoms with Gasteiger partial charge in [0, 0.05) is 31.8 Å². The SMILES string of the molecule is Nc1n[nH]c(CCC(=O)N2CC[C@@H](c3ccc4c(c3)OCO4)[C@H](O)C2)n1. The van der Waals surface area contributed by atoms with E-state index in [1.165, 1.54) is 0 Å². The van der Waals surface area contributed by atoms with Gasteiger partial charge in [-0.05, 0) is 24.1 Å². The Bertz CT molecular complexity index is 808. The van der Waals surface area contributed by atoms with Gasteiger partial charge in [0.2, 0.25) is 18.6 Å². The number of amides is 1. The average molecular weight is 359 g/mol. The smallest absolute Gasteiger partial charge is 0.239 e. The molecule has 2 aromatic rings. The highest BCUT2D eigenvalue weighted by Gasteiger charge is 2.32. The molecule has 3 heterocycles. The Morgan fingerprint density at radius 3 is 3.00 bits per heavy atom. The zero-order valence-electron chi connectivity index (χ0n) is 14.2. The number of carbonyl (C=O) groups excluding carboxylic acids is 1. The summed E-state index contributed by atoms with van der Waals surface area (Å²) < 4.78 is 10.7. The fraction of sp³-hybridized carbons (Fsp3) is 0.471. The molecule has 9 nitrogen and oxygen atoms in total. The van der Waals surface area contributed by atoms with E-state index in [1.807, 2.05) is 18.2 Å². The normalized spacial score (nSPS) is 21.8. The number of carbonyl (C=O) groups is 1. The van der Waals surface area contributed by atoms with Gasteiger partial charge in [-0.1, -0.05) is 6.07 Å². The molecule has 0 spiro atoms. The molecular formula is C17H21N5O4. The number of nitrogens with two attached hydrogens (primary N) is 1. The Kier molecular flexibility index (Phi) is 4.37. The van der Waals surface area contributed by atoms with Crippen LogP contribution in [-0.2, 0) is 11.2 Å². The summed E-state index contributed by atoms with van der Waals surface area (Å²) in [6.45, 7) is 1.15. The molecule has 0 radical (unpaired) electrons. The standard InChI is InChI=1S/C17H21N5O4/c18-17-19-15(20-21-17)3-4-16(24)22-6-5-11(12(23)8-22)10-1-2-13-14(7-10)26-9-25-13/h1-2,7,11-12,23H,3-6,8-9H2,(H3,18,19,20,21)/t11-,12+/m0/s1. The quantitative estimate of drug-likeness (QED) is 0.722. The fourth-order valence-electron chi connectivity index (χ4n) is 3.50. The Labute approximate surface area is 150 Å². The molecule has 2 aliphatic rings. The highest BCUT2D eigenvalue weighted by atomic mass is 16.7. The van der Waals surface area contributed by atoms with Gasteiger partial charge in [0.15, 0.2) is 11.5 Å². The number of piperidine rings is 1. The van der Waals surface area contributed by atoms with Gasteiger partial charge < -0.3 is 25.2 Å². The number of likely N-dealkylation sites (tertiary alicyclic amines) is 1. The molecule has 2 aliphatic heterocycles. The lowest BCUT2D eigenvalue weighted by atomic mass is 9.86. The summed E-state index contributed by atoms with van der Waals surface area (Å²) in [6, 6.07) is 5.74. The predicted octanol–water partition coefficient (Wildman–Crippen LogP) is 0.425. The van der Waals surface area contributed by atoms with Crippen molar-refractivity contribution in [3.05, 3.63) is 29.6 Å². The molecule has 26 heavy (non-hydrogen) atoms. The largest absolute Gasteiger partial charge is 0.454 e. The topological polar surface area (TPSA) is 127 Å². The third-order valence-corrected chi connectivity index (χ3v) is 4.88. The number of fused-ring (bicyclic) bond motifs is 1. The van der Waals surface area contributed by atoms with Gasteiger partial charge in [0.25, 0.3) is 0 Å². The van der Waals surface area contributed by atoms with Gasteiger partial charge in [-0.25, -0.2) is 0 Å². The van der Waals surface area contributed by atoms with Crippen molar-refractivity contribution in [1.29, 1.82) is 0 Å². The maximum atomic E-state index is 12.4. The van der Waals surface area contributed by atoms with Gasteiger partial charge in [-0.2, -0.15) is 4.98 Å². The zero-order chi connectivity index (χ0) is 18.1. The number of anilines is 1. The minimum atomic E-state index is -0.617. The van der Waals surface area contributed by atoms with Crippen molar-refractivity contribution in [1.82, 2.24) is 20.1 Å². The van der Waals surface area contributed by atoms with Crippen LogP contribution in [-0.4, -0.2) is 57.1 Å². The molecule has 138 valence electrons. The van der Waals surface area contributed by atoms with Crippen LogP contribution in [0.15, 0.2) is 18.2 Å². The molecule has 9 heteroatoms. The van der Waals surface area contributed by atoms with Crippen molar-refractivity contribution in [3.8, 4) is 11.5 Å². The number of aryl methyl sites for hydroxylation is 1. The second-order valence-corrected chi connectivity index (χ2v) is 6.56. The Hall–Kier alpha value is -2.81. The molecule has 1 aromatic carbocycles. The summed E-state index contributed by atoms with van der Waals surface area (Å²) in [4.78, 5) is 18.1. The monoisotopic (exact) mass is 359 g/mol. The Morgan fingerprint density at radius 2 is 2.23 bits per heavy atom. The molecule has 1 saturated heterocycles. The van der Waals surface area contributed by atoms with Crippen LogP contribution >= 0.6 is 0 Å². The summed E-state index contributed by atoms with van der Waals surface area (Å²) in [6.07, 6.45) is 0.827. The van der Waals surface area contributed by atoms with E-state index in [9.17, 15) is 9.90 Å². The molecule has 1 amide bonds. The molecule has 4 rings (SSSR count). The van der Waals surface area contributed by atoms with Crippen molar-refractivity contribution < 1.29 is 19.4 Å². The second-order valence-electron chi connectivity index (χ2n) is 6.56. The Morgan fingerprint density at radius 1 is 1.38 bits per heavy atom. The maximum absolute atomic E-state index is 12.4. The van der Waals surface area contributed by atoms with E-state index >= 15 is 0 Å². The van der Waals surface area contributed by atoms with Crippen LogP contribution in [0.2, 0.25) is 0 Å². The highest BCUT2D eigenvalue weighted by Crippen LogP contribution is 2.37. The van der Waals surface area contributed by atoms with Crippen LogP contribution in [0, 0.1) is 0 Å². The summed E-state index contributed by atoms with van der Waals surface area (Å²) >= 11 is 0. The van der Waals surface area contributed by atoms with Gasteiger partial charge >= 0.3 is 0 Å². The number of benzene rings is 1. The maximum Gasteiger partial charge on any atom is 0.239 e. The van der Waals surface area contributed by atoms with Gasteiger partial charge in [-0.15, -0.1) is 5.10 Å². The summed E-state index contributed by atoms with van der Waals surface area (Å²) in [5, 5.41) is 17.0. The van der Waals surface area contributed by atoms with E-state index in [-0.39, 0.29) is 24.6 Å². The number of aromatic amines is 1. The third-order valence-electron chi connectivity index (χ3n) is 4.88. The van der Waals surface area contributed by atoms with Crippen molar-refractivity contribution >= 4 is 11.9 Å². The Balaban J connectivity index is 1.35. The molecule has 1 aromatic heterocycles. The van der Waals surface area contributed by atoms with Crippen molar-refractivity contribution in [2.24, 2.45) is 0 Å². The van der Waals surface area contributed by atoms with Gasteiger partial charge in [0.1, 0.15) is 5.82 Å². The van der Waals surface area contributed by atoms with Gasteiger partial charge in [0.05, 0.1) is 6.10 Å². The first-order valence-corrected chi connectivity index (χ1v) is 8.62. The molecule has 0 saturated carbocycles. The van der Waals surface area contributed by atoms with Crippen LogP contribution < -0.4 is 15.2 Å².